The van der Waals surface area contributed by atoms with Crippen LogP contribution in [0.5, 0.6) is 0 Å². The predicted octanol–water partition coefficient (Wildman–Crippen LogP) is 2.37. The van der Waals surface area contributed by atoms with Gasteiger partial charge in [0, 0.05) is 11.8 Å². The topological polar surface area (TPSA) is 49.4 Å². The summed E-state index contributed by atoms with van der Waals surface area (Å²) in [4.78, 5) is 0. The summed E-state index contributed by atoms with van der Waals surface area (Å²) < 4.78 is 26.9. The Morgan fingerprint density at radius 3 is 2.08 bits per heavy atom. The minimum Gasteiger partial charge on any atom is -0.750 e. The molecule has 78 valence electrons. The van der Waals surface area contributed by atoms with Crippen molar-refractivity contribution in [2.45, 2.75) is 30.7 Å². The molecule has 7 heteroatoms. The molecule has 13 heavy (non-hydrogen) atoms. The van der Waals surface area contributed by atoms with Crippen LogP contribution >= 0.6 is 67.8 Å². The zero-order valence-corrected chi connectivity index (χ0v) is 13.8. The zero-order chi connectivity index (χ0) is 10.0. The molecule has 0 amide bonds. The summed E-state index contributed by atoms with van der Waals surface area (Å²) in [6, 6.07) is 0. The van der Waals surface area contributed by atoms with E-state index in [-0.39, 0.29) is 6.10 Å². The Kier molecular flexibility index (Phi) is 6.26. The van der Waals surface area contributed by atoms with Crippen molar-refractivity contribution in [3.8, 4) is 0 Å². The fourth-order valence-corrected chi connectivity index (χ4v) is 8.50. The average Bonchev–Trinajstić information content (AvgIpc) is 1.96. The van der Waals surface area contributed by atoms with Crippen molar-refractivity contribution in [2.75, 3.05) is 0 Å². The molecule has 0 aromatic carbocycles. The van der Waals surface area contributed by atoms with Crippen LogP contribution in [0.25, 0.3) is 0 Å². The van der Waals surface area contributed by atoms with Gasteiger partial charge in [-0.05, 0) is 12.8 Å². The lowest BCUT2D eigenvalue weighted by molar-refractivity contribution is 0.182. The molecule has 3 nitrogen and oxygen atoms in total. The summed E-state index contributed by atoms with van der Waals surface area (Å²) in [6.07, 6.45) is 1.91. The van der Waals surface area contributed by atoms with E-state index in [1.54, 1.807) is 0 Å². The van der Waals surface area contributed by atoms with Crippen LogP contribution in [0, 0.1) is 0 Å². The fourth-order valence-electron chi connectivity index (χ4n) is 1.29. The maximum Gasteiger partial charge on any atom is 0.0972 e. The molecule has 0 bridgehead atoms. The highest BCUT2D eigenvalue weighted by atomic mass is 127. The average molecular weight is 541 g/mol. The van der Waals surface area contributed by atoms with Crippen LogP contribution in [0.4, 0.5) is 0 Å². The van der Waals surface area contributed by atoms with E-state index in [9.17, 15) is 8.76 Å². The number of rotatable bonds is 2. The Hall–Kier alpha value is 2.26. The monoisotopic (exact) mass is 541 g/mol. The van der Waals surface area contributed by atoms with Crippen LogP contribution in [-0.4, -0.2) is 26.6 Å². The minimum absolute atomic E-state index is 0.148. The molecule has 0 saturated heterocycles. The Bertz CT molecular complexity index is 192. The molecule has 0 aromatic heterocycles. The largest absolute Gasteiger partial charge is 0.750 e. The van der Waals surface area contributed by atoms with Crippen LogP contribution in [0.1, 0.15) is 12.8 Å². The Morgan fingerprint density at radius 1 is 1.23 bits per heavy atom. The second kappa shape index (κ2) is 6.11. The van der Waals surface area contributed by atoms with Crippen molar-refractivity contribution in [1.82, 2.24) is 0 Å². The lowest BCUT2D eigenvalue weighted by Gasteiger charge is -2.34. The molecule has 0 heterocycles. The molecular weight excluding hydrogens is 533 g/mol. The van der Waals surface area contributed by atoms with Crippen molar-refractivity contribution < 1.29 is 12.9 Å². The number of alkyl halides is 3. The molecule has 1 rings (SSSR count). The van der Waals surface area contributed by atoms with Gasteiger partial charge in [0.25, 0.3) is 0 Å². The molecule has 0 aliphatic heterocycles. The minimum atomic E-state index is -2.38. The van der Waals surface area contributed by atoms with Crippen LogP contribution in [0.2, 0.25) is 0 Å². The molecule has 1 fully saturated rings. The van der Waals surface area contributed by atoms with Crippen molar-refractivity contribution in [2.24, 2.45) is 0 Å². The summed E-state index contributed by atoms with van der Waals surface area (Å²) in [5, 5.41) is 0. The highest BCUT2D eigenvalue weighted by Gasteiger charge is 2.35. The second-order valence-electron chi connectivity index (χ2n) is 2.87. The van der Waals surface area contributed by atoms with E-state index < -0.39 is 11.4 Å². The van der Waals surface area contributed by atoms with Crippen LogP contribution in [-0.2, 0) is 15.5 Å². The van der Waals surface area contributed by atoms with Crippen LogP contribution in [0.15, 0.2) is 0 Å². The third-order valence-corrected chi connectivity index (χ3v) is 5.70. The molecule has 3 unspecified atom stereocenters. The van der Waals surface area contributed by atoms with Gasteiger partial charge in [-0.25, -0.2) is 4.21 Å². The molecule has 1 saturated carbocycles. The normalized spacial score (nSPS) is 43.1. The first-order chi connectivity index (χ1) is 6.00. The van der Waals surface area contributed by atoms with E-state index in [0.29, 0.717) is 11.8 Å². The Balaban J connectivity index is 2.56. The van der Waals surface area contributed by atoms with Gasteiger partial charge >= 0.3 is 0 Å². The van der Waals surface area contributed by atoms with E-state index >= 15 is 0 Å². The third kappa shape index (κ3) is 4.33. The Labute approximate surface area is 121 Å². The van der Waals surface area contributed by atoms with Gasteiger partial charge in [-0.1, -0.05) is 67.8 Å². The predicted molar refractivity (Wildman–Crippen MR) is 76.5 cm³/mol. The number of halogens is 3. The first kappa shape index (κ1) is 13.3. The summed E-state index contributed by atoms with van der Waals surface area (Å²) in [7, 11) is 0. The van der Waals surface area contributed by atoms with Gasteiger partial charge in [0.05, 0.1) is 17.5 Å². The van der Waals surface area contributed by atoms with Gasteiger partial charge < -0.3 is 4.55 Å². The third-order valence-electron chi connectivity index (χ3n) is 1.86. The van der Waals surface area contributed by atoms with Crippen LogP contribution < -0.4 is 0 Å². The van der Waals surface area contributed by atoms with Crippen molar-refractivity contribution >= 4 is 79.1 Å². The highest BCUT2D eigenvalue weighted by molar-refractivity contribution is 14.1. The van der Waals surface area contributed by atoms with Gasteiger partial charge in [-0.2, -0.15) is 0 Å². The molecule has 1 aliphatic carbocycles. The van der Waals surface area contributed by atoms with E-state index in [0.717, 1.165) is 12.8 Å². The molecule has 0 spiro atoms. The number of hydrogen-bond acceptors (Lipinski definition) is 3. The zero-order valence-electron chi connectivity index (χ0n) is 6.49. The number of hydrogen-bond donors (Lipinski definition) is 0. The van der Waals surface area contributed by atoms with Crippen molar-refractivity contribution in [3.63, 3.8) is 0 Å². The van der Waals surface area contributed by atoms with Gasteiger partial charge in [-0.15, -0.1) is 0 Å². The van der Waals surface area contributed by atoms with E-state index in [1.165, 1.54) is 0 Å². The summed E-state index contributed by atoms with van der Waals surface area (Å²) in [6.45, 7) is 0. The van der Waals surface area contributed by atoms with Crippen molar-refractivity contribution in [3.05, 3.63) is 0 Å². The maximum atomic E-state index is 10.4. The lowest BCUT2D eigenvalue weighted by Crippen LogP contribution is -2.40. The first-order valence-electron chi connectivity index (χ1n) is 3.69. The first-order valence-corrected chi connectivity index (χ1v) is 8.43. The molecule has 0 radical (unpaired) electrons. The molecular formula is C6H8I3O3S-. The summed E-state index contributed by atoms with van der Waals surface area (Å²) in [5.74, 6) is 0. The smallest absolute Gasteiger partial charge is 0.0972 e. The fraction of sp³-hybridized carbons (Fsp3) is 1.00. The molecule has 0 N–H and O–H groups in total. The summed E-state index contributed by atoms with van der Waals surface area (Å²) >= 11 is 4.58. The van der Waals surface area contributed by atoms with Gasteiger partial charge in [0.15, 0.2) is 0 Å². The van der Waals surface area contributed by atoms with E-state index in [4.69, 9.17) is 4.18 Å². The quantitative estimate of drug-likeness (QED) is 0.307. The molecule has 3 atom stereocenters. The van der Waals surface area contributed by atoms with Gasteiger partial charge in [0.1, 0.15) is 0 Å². The highest BCUT2D eigenvalue weighted by Crippen LogP contribution is 2.36. The van der Waals surface area contributed by atoms with E-state index in [2.05, 4.69) is 67.8 Å². The lowest BCUT2D eigenvalue weighted by atomic mass is 9.98. The Morgan fingerprint density at radius 2 is 1.69 bits per heavy atom. The second-order valence-corrected chi connectivity index (χ2v) is 8.43. The van der Waals surface area contributed by atoms with E-state index in [1.807, 2.05) is 0 Å². The van der Waals surface area contributed by atoms with Gasteiger partial charge in [-0.3, -0.25) is 4.18 Å². The van der Waals surface area contributed by atoms with Gasteiger partial charge in [0.2, 0.25) is 0 Å². The van der Waals surface area contributed by atoms with Crippen LogP contribution in [0.3, 0.4) is 0 Å². The maximum absolute atomic E-state index is 10.4. The molecule has 0 aromatic rings. The summed E-state index contributed by atoms with van der Waals surface area (Å²) in [5.41, 5.74) is 0. The SMILES string of the molecule is O=S([O-])OC1C(I)CC(I)CC1I. The standard InChI is InChI=1S/C6H9I3O3S/c7-3-1-4(8)6(5(9)2-3)12-13(10)11/h3-6H,1-2H2,(H,10,11)/p-1. The van der Waals surface area contributed by atoms with Crippen molar-refractivity contribution in [1.29, 1.82) is 0 Å². The molecule has 1 aliphatic rings.